The Morgan fingerprint density at radius 1 is 1.13 bits per heavy atom. The van der Waals surface area contributed by atoms with E-state index in [1.54, 1.807) is 30.3 Å². The highest BCUT2D eigenvalue weighted by Gasteiger charge is 2.12. The van der Waals surface area contributed by atoms with Crippen LogP contribution in [-0.4, -0.2) is 28.9 Å². The molecule has 0 unspecified atom stereocenters. The Morgan fingerprint density at radius 2 is 1.83 bits per heavy atom. The van der Waals surface area contributed by atoms with Gasteiger partial charge in [0.1, 0.15) is 0 Å². The van der Waals surface area contributed by atoms with E-state index in [1.807, 2.05) is 0 Å². The molecule has 0 bridgehead atoms. The summed E-state index contributed by atoms with van der Waals surface area (Å²) in [6, 6.07) is 11.4. The first kappa shape index (κ1) is 17.3. The van der Waals surface area contributed by atoms with Crippen LogP contribution >= 0.6 is 15.9 Å². The molecule has 8 heteroatoms. The molecule has 0 fully saturated rings. The normalized spacial score (nSPS) is 11.4. The van der Waals surface area contributed by atoms with Crippen LogP contribution in [0.3, 0.4) is 0 Å². The van der Waals surface area contributed by atoms with E-state index in [4.69, 9.17) is 9.47 Å². The molecule has 1 N–H and O–H groups in total. The number of methoxy groups -OCH3 is 2. The molecule has 122 valence electrons. The van der Waals surface area contributed by atoms with Crippen LogP contribution in [-0.2, 0) is 10.0 Å². The van der Waals surface area contributed by atoms with Crippen LogP contribution in [0.25, 0.3) is 0 Å². The SMILES string of the molecule is COc1cc(/C=N\NS(=O)(=O)c2ccccc2)cc(Br)c1OC. The number of benzene rings is 2. The maximum atomic E-state index is 12.0. The molecule has 0 aliphatic heterocycles. The van der Waals surface area contributed by atoms with E-state index in [9.17, 15) is 8.42 Å². The van der Waals surface area contributed by atoms with Crippen molar-refractivity contribution in [2.24, 2.45) is 5.10 Å². The van der Waals surface area contributed by atoms with Crippen molar-refractivity contribution in [3.05, 3.63) is 52.5 Å². The van der Waals surface area contributed by atoms with E-state index in [2.05, 4.69) is 25.9 Å². The Bertz CT molecular complexity index is 808. The molecule has 2 aromatic rings. The van der Waals surface area contributed by atoms with Crippen LogP contribution in [0.4, 0.5) is 0 Å². The number of nitrogens with one attached hydrogen (secondary N) is 1. The lowest BCUT2D eigenvalue weighted by atomic mass is 10.2. The molecular formula is C15H15BrN2O4S. The molecule has 23 heavy (non-hydrogen) atoms. The van der Waals surface area contributed by atoms with Gasteiger partial charge in [-0.2, -0.15) is 13.5 Å². The van der Waals surface area contributed by atoms with Crippen LogP contribution < -0.4 is 14.3 Å². The Balaban J connectivity index is 2.20. The molecule has 0 aromatic heterocycles. The highest BCUT2D eigenvalue weighted by Crippen LogP contribution is 2.35. The van der Waals surface area contributed by atoms with Crippen molar-refractivity contribution in [1.29, 1.82) is 0 Å². The summed E-state index contributed by atoms with van der Waals surface area (Å²) >= 11 is 3.36. The molecular weight excluding hydrogens is 384 g/mol. The van der Waals surface area contributed by atoms with Gasteiger partial charge in [0.05, 0.1) is 29.8 Å². The maximum absolute atomic E-state index is 12.0. The lowest BCUT2D eigenvalue weighted by Crippen LogP contribution is -2.18. The van der Waals surface area contributed by atoms with Crippen molar-refractivity contribution < 1.29 is 17.9 Å². The Hall–Kier alpha value is -2.06. The Kier molecular flexibility index (Phi) is 5.62. The monoisotopic (exact) mass is 398 g/mol. The first-order valence-corrected chi connectivity index (χ1v) is 8.77. The average Bonchev–Trinajstić information content (AvgIpc) is 2.55. The van der Waals surface area contributed by atoms with Gasteiger partial charge in [0.15, 0.2) is 11.5 Å². The molecule has 0 radical (unpaired) electrons. The van der Waals surface area contributed by atoms with Gasteiger partial charge in [0.2, 0.25) is 0 Å². The molecule has 0 atom stereocenters. The second-order valence-corrected chi connectivity index (χ2v) is 6.92. The van der Waals surface area contributed by atoms with Crippen molar-refractivity contribution in [3.63, 3.8) is 0 Å². The lowest BCUT2D eigenvalue weighted by molar-refractivity contribution is 0.353. The molecule has 0 heterocycles. The van der Waals surface area contributed by atoms with Crippen molar-refractivity contribution in [2.75, 3.05) is 14.2 Å². The Labute approximate surface area is 143 Å². The van der Waals surface area contributed by atoms with Gasteiger partial charge in [-0.3, -0.25) is 0 Å². The molecule has 0 saturated heterocycles. The number of rotatable bonds is 6. The van der Waals surface area contributed by atoms with E-state index in [0.717, 1.165) is 0 Å². The third kappa shape index (κ3) is 4.23. The third-order valence-corrected chi connectivity index (χ3v) is 4.72. The van der Waals surface area contributed by atoms with E-state index in [1.165, 1.54) is 32.6 Å². The highest BCUT2D eigenvalue weighted by molar-refractivity contribution is 9.10. The van der Waals surface area contributed by atoms with Crippen LogP contribution in [0.2, 0.25) is 0 Å². The Morgan fingerprint density at radius 3 is 2.43 bits per heavy atom. The third-order valence-electron chi connectivity index (χ3n) is 2.90. The summed E-state index contributed by atoms with van der Waals surface area (Å²) in [5, 5.41) is 3.78. The lowest BCUT2D eigenvalue weighted by Gasteiger charge is -2.10. The maximum Gasteiger partial charge on any atom is 0.276 e. The quantitative estimate of drug-likeness (QED) is 0.599. The van der Waals surface area contributed by atoms with Gasteiger partial charge in [-0.1, -0.05) is 18.2 Å². The predicted molar refractivity (Wildman–Crippen MR) is 91.6 cm³/mol. The van der Waals surface area contributed by atoms with Gasteiger partial charge in [0, 0.05) is 0 Å². The minimum absolute atomic E-state index is 0.144. The summed E-state index contributed by atoms with van der Waals surface area (Å²) in [5.74, 6) is 1.06. The van der Waals surface area contributed by atoms with E-state index >= 15 is 0 Å². The first-order chi connectivity index (χ1) is 11.0. The van der Waals surface area contributed by atoms with Gasteiger partial charge >= 0.3 is 0 Å². The predicted octanol–water partition coefficient (Wildman–Crippen LogP) is 2.78. The average molecular weight is 399 g/mol. The number of nitrogens with zero attached hydrogens (tertiary/aromatic N) is 1. The van der Waals surface area contributed by atoms with Gasteiger partial charge in [0.25, 0.3) is 10.0 Å². The summed E-state index contributed by atoms with van der Waals surface area (Å²) in [4.78, 5) is 2.31. The molecule has 0 aliphatic carbocycles. The summed E-state index contributed by atoms with van der Waals surface area (Å²) in [5.41, 5.74) is 0.644. The zero-order chi connectivity index (χ0) is 16.9. The van der Waals surface area contributed by atoms with Gasteiger partial charge in [-0.25, -0.2) is 4.83 Å². The van der Waals surface area contributed by atoms with Crippen molar-refractivity contribution in [2.45, 2.75) is 4.90 Å². The van der Waals surface area contributed by atoms with E-state index in [-0.39, 0.29) is 4.90 Å². The minimum Gasteiger partial charge on any atom is -0.493 e. The summed E-state index contributed by atoms with van der Waals surface area (Å²) in [6.07, 6.45) is 1.38. The summed E-state index contributed by atoms with van der Waals surface area (Å²) in [6.45, 7) is 0. The second kappa shape index (κ2) is 7.47. The molecule has 0 spiro atoms. The highest BCUT2D eigenvalue weighted by atomic mass is 79.9. The molecule has 0 aliphatic rings. The first-order valence-electron chi connectivity index (χ1n) is 6.49. The molecule has 0 saturated carbocycles. The fraction of sp³-hybridized carbons (Fsp3) is 0.133. The van der Waals surface area contributed by atoms with Crippen molar-refractivity contribution in [1.82, 2.24) is 4.83 Å². The fourth-order valence-electron chi connectivity index (χ4n) is 1.84. The zero-order valence-corrected chi connectivity index (χ0v) is 14.9. The van der Waals surface area contributed by atoms with Crippen LogP contribution in [0, 0.1) is 0 Å². The van der Waals surface area contributed by atoms with Crippen LogP contribution in [0.1, 0.15) is 5.56 Å². The number of halogens is 1. The van der Waals surface area contributed by atoms with E-state index < -0.39 is 10.0 Å². The summed E-state index contributed by atoms with van der Waals surface area (Å²) < 4.78 is 35.2. The number of ether oxygens (including phenoxy) is 2. The van der Waals surface area contributed by atoms with Gasteiger partial charge in [-0.05, 0) is 45.8 Å². The molecule has 2 rings (SSSR count). The fourth-order valence-corrected chi connectivity index (χ4v) is 3.27. The summed E-state index contributed by atoms with van der Waals surface area (Å²) in [7, 11) is -0.635. The zero-order valence-electron chi connectivity index (χ0n) is 12.5. The molecule has 6 nitrogen and oxygen atoms in total. The standard InChI is InChI=1S/C15H15BrN2O4S/c1-21-14-9-11(8-13(16)15(14)22-2)10-17-18-23(19,20)12-6-4-3-5-7-12/h3-10,18H,1-2H3/b17-10-. The number of hydrogen-bond acceptors (Lipinski definition) is 5. The number of sulfonamides is 1. The van der Waals surface area contributed by atoms with Crippen LogP contribution in [0.5, 0.6) is 11.5 Å². The number of hydrogen-bond donors (Lipinski definition) is 1. The number of hydrazone groups is 1. The van der Waals surface area contributed by atoms with Gasteiger partial charge < -0.3 is 9.47 Å². The molecule has 2 aromatic carbocycles. The van der Waals surface area contributed by atoms with Gasteiger partial charge in [-0.15, -0.1) is 0 Å². The molecule has 0 amide bonds. The smallest absolute Gasteiger partial charge is 0.276 e. The second-order valence-electron chi connectivity index (χ2n) is 4.40. The largest absolute Gasteiger partial charge is 0.493 e. The minimum atomic E-state index is -3.68. The van der Waals surface area contributed by atoms with Crippen LogP contribution in [0.15, 0.2) is 56.9 Å². The van der Waals surface area contributed by atoms with E-state index in [0.29, 0.717) is 21.5 Å². The van der Waals surface area contributed by atoms with Crippen molar-refractivity contribution >= 4 is 32.2 Å². The topological polar surface area (TPSA) is 77.0 Å². The van der Waals surface area contributed by atoms with Crippen molar-refractivity contribution in [3.8, 4) is 11.5 Å².